The number of aryl methyl sites for hydroxylation is 2. The molecule has 40 heavy (non-hydrogen) atoms. The van der Waals surface area contributed by atoms with E-state index in [0.29, 0.717) is 30.4 Å². The number of hydrogen-bond acceptors (Lipinski definition) is 4. The van der Waals surface area contributed by atoms with Crippen LogP contribution < -0.4 is 4.90 Å². The molecule has 0 radical (unpaired) electrons. The molecule has 0 unspecified atom stereocenters. The van der Waals surface area contributed by atoms with Crippen LogP contribution >= 0.6 is 0 Å². The third-order valence-corrected chi connectivity index (χ3v) is 7.06. The van der Waals surface area contributed by atoms with Crippen molar-refractivity contribution in [2.24, 2.45) is 9.98 Å². The first-order valence-corrected chi connectivity index (χ1v) is 13.6. The summed E-state index contributed by atoms with van der Waals surface area (Å²) in [5.41, 5.74) is 6.66. The van der Waals surface area contributed by atoms with Crippen LogP contribution in [0.4, 0.5) is 5.69 Å². The third kappa shape index (κ3) is 5.54. The average Bonchev–Trinajstić information content (AvgIpc) is 3.22. The van der Waals surface area contributed by atoms with Gasteiger partial charge in [-0.1, -0.05) is 29.8 Å². The number of carbonyl (C=O) groups is 1. The maximum absolute atomic E-state index is 12.9. The van der Waals surface area contributed by atoms with Gasteiger partial charge in [-0.2, -0.15) is 0 Å². The highest BCUT2D eigenvalue weighted by Gasteiger charge is 2.36. The van der Waals surface area contributed by atoms with Gasteiger partial charge >= 0.3 is 5.97 Å². The van der Waals surface area contributed by atoms with Crippen molar-refractivity contribution < 1.29 is 19.4 Å². The Morgan fingerprint density at radius 3 is 2.42 bits per heavy atom. The number of benzene rings is 2. The Hall–Kier alpha value is -3.91. The van der Waals surface area contributed by atoms with Crippen molar-refractivity contribution in [3.8, 4) is 11.1 Å². The van der Waals surface area contributed by atoms with E-state index in [9.17, 15) is 9.90 Å². The molecular weight excluding hydrogens is 504 g/mol. The molecule has 1 aliphatic heterocycles. The highest BCUT2D eigenvalue weighted by Crippen LogP contribution is 2.48. The molecular formula is C32H40N4O4. The summed E-state index contributed by atoms with van der Waals surface area (Å²) in [5.74, 6) is 0.0512. The zero-order chi connectivity index (χ0) is 29.4. The second kappa shape index (κ2) is 11.3. The van der Waals surface area contributed by atoms with E-state index >= 15 is 0 Å². The van der Waals surface area contributed by atoms with E-state index in [-0.39, 0.29) is 0 Å². The maximum atomic E-state index is 12.9. The van der Waals surface area contributed by atoms with Crippen LogP contribution in [0.3, 0.4) is 0 Å². The van der Waals surface area contributed by atoms with Crippen LogP contribution in [-0.4, -0.2) is 47.1 Å². The van der Waals surface area contributed by atoms with Crippen LogP contribution in [0, 0.1) is 20.8 Å². The Morgan fingerprint density at radius 1 is 1.18 bits per heavy atom. The van der Waals surface area contributed by atoms with Crippen molar-refractivity contribution in [1.82, 2.24) is 4.57 Å². The van der Waals surface area contributed by atoms with E-state index in [1.165, 1.54) is 0 Å². The van der Waals surface area contributed by atoms with Gasteiger partial charge in [0.25, 0.3) is 0 Å². The predicted molar refractivity (Wildman–Crippen MR) is 163 cm³/mol. The van der Waals surface area contributed by atoms with Gasteiger partial charge in [-0.05, 0) is 84.9 Å². The molecule has 1 N–H and O–H groups in total. The van der Waals surface area contributed by atoms with Gasteiger partial charge in [0.2, 0.25) is 5.96 Å². The number of rotatable bonds is 7. The molecule has 0 aliphatic carbocycles. The van der Waals surface area contributed by atoms with Gasteiger partial charge in [0.1, 0.15) is 5.76 Å². The number of anilines is 1. The van der Waals surface area contributed by atoms with E-state index in [2.05, 4.69) is 58.5 Å². The number of aliphatic carboxylic acids is 1. The largest absolute Gasteiger partial charge is 0.497 e. The fourth-order valence-electron chi connectivity index (χ4n) is 5.45. The van der Waals surface area contributed by atoms with Crippen LogP contribution in [0.5, 0.6) is 0 Å². The SMILES string of the molecule is C=NC(=N/C=C(\C)OCC)N1CCn2c(C)cc3c(-c4ccc(C)cc4)c([C@H](OC(C)(C)C)C(=O)O)c(C)c1c32. The van der Waals surface area contributed by atoms with Crippen molar-refractivity contribution in [1.29, 1.82) is 0 Å². The normalized spacial score (nSPS) is 14.9. The van der Waals surface area contributed by atoms with Crippen LogP contribution in [0.25, 0.3) is 22.0 Å². The second-order valence-corrected chi connectivity index (χ2v) is 11.2. The summed E-state index contributed by atoms with van der Waals surface area (Å²) in [5, 5.41) is 11.5. The number of hydrogen-bond donors (Lipinski definition) is 1. The van der Waals surface area contributed by atoms with Gasteiger partial charge in [-0.3, -0.25) is 0 Å². The third-order valence-electron chi connectivity index (χ3n) is 7.06. The Bertz CT molecular complexity index is 1510. The fourth-order valence-corrected chi connectivity index (χ4v) is 5.45. The van der Waals surface area contributed by atoms with Crippen molar-refractivity contribution in [2.75, 3.05) is 18.1 Å². The molecule has 0 amide bonds. The zero-order valence-corrected chi connectivity index (χ0v) is 24.8. The van der Waals surface area contributed by atoms with Gasteiger partial charge in [0, 0.05) is 29.7 Å². The lowest BCUT2D eigenvalue weighted by Gasteiger charge is -2.35. The molecule has 0 saturated carbocycles. The van der Waals surface area contributed by atoms with Gasteiger partial charge < -0.3 is 24.0 Å². The molecule has 8 nitrogen and oxygen atoms in total. The number of ether oxygens (including phenoxy) is 2. The summed E-state index contributed by atoms with van der Waals surface area (Å²) >= 11 is 0. The average molecular weight is 545 g/mol. The van der Waals surface area contributed by atoms with E-state index in [1.807, 2.05) is 53.4 Å². The molecule has 0 fully saturated rings. The predicted octanol–water partition coefficient (Wildman–Crippen LogP) is 6.95. The van der Waals surface area contributed by atoms with E-state index in [1.54, 1.807) is 6.20 Å². The number of nitrogens with zero attached hydrogens (tertiary/aromatic N) is 4. The molecule has 212 valence electrons. The first-order valence-electron chi connectivity index (χ1n) is 13.6. The quantitative estimate of drug-likeness (QED) is 0.198. The molecule has 4 rings (SSSR count). The number of carboxylic acid groups (broad SMARTS) is 1. The van der Waals surface area contributed by atoms with Crippen molar-refractivity contribution in [2.45, 2.75) is 73.6 Å². The number of aliphatic imine (C=N–C) groups is 2. The van der Waals surface area contributed by atoms with Gasteiger partial charge in [-0.25, -0.2) is 14.8 Å². The highest BCUT2D eigenvalue weighted by atomic mass is 16.5. The van der Waals surface area contributed by atoms with Crippen LogP contribution in [0.15, 0.2) is 52.3 Å². The first kappa shape index (κ1) is 29.1. The summed E-state index contributed by atoms with van der Waals surface area (Å²) in [6.45, 7) is 21.1. The van der Waals surface area contributed by atoms with Crippen molar-refractivity contribution >= 4 is 35.2 Å². The van der Waals surface area contributed by atoms with Crippen molar-refractivity contribution in [3.05, 3.63) is 64.7 Å². The molecule has 1 atom stereocenters. The molecule has 3 aromatic rings. The monoisotopic (exact) mass is 544 g/mol. The molecule has 1 aromatic heterocycles. The lowest BCUT2D eigenvalue weighted by atomic mass is 9.87. The Balaban J connectivity index is 2.11. The van der Waals surface area contributed by atoms with Gasteiger partial charge in [-0.15, -0.1) is 0 Å². The first-order chi connectivity index (χ1) is 18.9. The number of guanidine groups is 1. The lowest BCUT2D eigenvalue weighted by Crippen LogP contribution is -2.37. The fraction of sp³-hybridized carbons (Fsp3) is 0.406. The number of allylic oxidation sites excluding steroid dienone is 1. The molecule has 8 heteroatoms. The molecule has 2 heterocycles. The summed E-state index contributed by atoms with van der Waals surface area (Å²) in [4.78, 5) is 23.8. The maximum Gasteiger partial charge on any atom is 0.337 e. The lowest BCUT2D eigenvalue weighted by molar-refractivity contribution is -0.160. The molecule has 0 saturated heterocycles. The molecule has 0 bridgehead atoms. The van der Waals surface area contributed by atoms with Gasteiger partial charge in [0.05, 0.1) is 29.6 Å². The smallest absolute Gasteiger partial charge is 0.337 e. The minimum absolute atomic E-state index is 0.422. The van der Waals surface area contributed by atoms with Crippen molar-refractivity contribution in [3.63, 3.8) is 0 Å². The Kier molecular flexibility index (Phi) is 8.21. The second-order valence-electron chi connectivity index (χ2n) is 11.2. The summed E-state index contributed by atoms with van der Waals surface area (Å²) in [6, 6.07) is 10.4. The molecule has 1 aliphatic rings. The standard InChI is InChI=1S/C32H40N4O4/c1-10-39-21(4)18-34-31(33-9)36-16-15-35-20(3)17-24-26(23-13-11-19(2)12-14-23)25(22(5)27(36)28(24)35)29(30(37)38)40-32(6,7)8/h11-14,17-18,29H,9-10,15-16H2,1-8H3,(H,37,38)/b21-18+,34-31?/t29-/m0/s1. The number of carboxylic acids is 1. The van der Waals surface area contributed by atoms with Gasteiger partial charge in [0.15, 0.2) is 6.10 Å². The van der Waals surface area contributed by atoms with E-state index in [0.717, 1.165) is 51.1 Å². The zero-order valence-electron chi connectivity index (χ0n) is 24.8. The summed E-state index contributed by atoms with van der Waals surface area (Å²) in [6.07, 6.45) is 0.449. The summed E-state index contributed by atoms with van der Waals surface area (Å²) in [7, 11) is 0. The molecule has 2 aromatic carbocycles. The van der Waals surface area contributed by atoms with E-state index in [4.69, 9.17) is 9.47 Å². The molecule has 0 spiro atoms. The Labute approximate surface area is 236 Å². The Morgan fingerprint density at radius 2 is 1.85 bits per heavy atom. The van der Waals surface area contributed by atoms with Crippen LogP contribution in [-0.2, 0) is 20.8 Å². The minimum Gasteiger partial charge on any atom is -0.497 e. The van der Waals surface area contributed by atoms with Crippen LogP contribution in [0.1, 0.15) is 63.1 Å². The number of aromatic nitrogens is 1. The minimum atomic E-state index is -1.19. The highest BCUT2D eigenvalue weighted by molar-refractivity contribution is 6.13. The van der Waals surface area contributed by atoms with E-state index < -0.39 is 17.7 Å². The summed E-state index contributed by atoms with van der Waals surface area (Å²) < 4.78 is 14.1. The van der Waals surface area contributed by atoms with Crippen LogP contribution in [0.2, 0.25) is 0 Å². The topological polar surface area (TPSA) is 88.7 Å².